The summed E-state index contributed by atoms with van der Waals surface area (Å²) in [7, 11) is 2.05. The van der Waals surface area contributed by atoms with Gasteiger partial charge in [-0.15, -0.1) is 0 Å². The van der Waals surface area contributed by atoms with Crippen LogP contribution in [-0.2, 0) is 6.54 Å². The monoisotopic (exact) mass is 316 g/mol. The van der Waals surface area contributed by atoms with Crippen molar-refractivity contribution in [2.45, 2.75) is 6.54 Å². The highest BCUT2D eigenvalue weighted by Gasteiger charge is 2.05. The molecule has 0 bridgehead atoms. The van der Waals surface area contributed by atoms with Crippen LogP contribution in [0.1, 0.15) is 5.56 Å². The van der Waals surface area contributed by atoms with Crippen molar-refractivity contribution in [2.75, 3.05) is 24.7 Å². The number of para-hydroxylation sites is 1. The topological polar surface area (TPSA) is 15.3 Å². The molecule has 4 heteroatoms. The Kier molecular flexibility index (Phi) is 6.57. The minimum absolute atomic E-state index is 0.860. The Morgan fingerprint density at radius 3 is 2.33 bits per heavy atom. The van der Waals surface area contributed by atoms with Gasteiger partial charge in [-0.05, 0) is 17.7 Å². The summed E-state index contributed by atoms with van der Waals surface area (Å²) in [6, 6.07) is 20.6. The highest BCUT2D eigenvalue weighted by Crippen LogP contribution is 2.12. The fourth-order valence-electron chi connectivity index (χ4n) is 1.92. The Morgan fingerprint density at radius 2 is 1.67 bits per heavy atom. The van der Waals surface area contributed by atoms with Gasteiger partial charge in [0.1, 0.15) is 4.32 Å². The number of nitrogens with zero attached hydrogens (tertiary/aromatic N) is 1. The molecule has 0 saturated carbocycles. The van der Waals surface area contributed by atoms with Crippen LogP contribution in [0, 0.1) is 0 Å². The van der Waals surface area contributed by atoms with Crippen LogP contribution in [-0.4, -0.2) is 28.6 Å². The molecule has 21 heavy (non-hydrogen) atoms. The van der Waals surface area contributed by atoms with Crippen molar-refractivity contribution >= 4 is 34.0 Å². The predicted octanol–water partition coefficient (Wildman–Crippen LogP) is 4.25. The Balaban J connectivity index is 1.67. The van der Waals surface area contributed by atoms with Gasteiger partial charge in [0, 0.05) is 31.6 Å². The van der Waals surface area contributed by atoms with Gasteiger partial charge in [0.2, 0.25) is 0 Å². The molecule has 0 saturated heterocycles. The summed E-state index contributed by atoms with van der Waals surface area (Å²) in [6.07, 6.45) is 0. The van der Waals surface area contributed by atoms with Crippen LogP contribution in [0.3, 0.4) is 0 Å². The molecule has 0 atom stereocenters. The molecule has 2 rings (SSSR count). The van der Waals surface area contributed by atoms with E-state index < -0.39 is 0 Å². The third-order valence-corrected chi connectivity index (χ3v) is 4.64. The molecule has 0 aliphatic carbocycles. The summed E-state index contributed by atoms with van der Waals surface area (Å²) in [5.41, 5.74) is 2.44. The summed E-state index contributed by atoms with van der Waals surface area (Å²) in [5.74, 6) is 0.965. The van der Waals surface area contributed by atoms with Crippen molar-refractivity contribution in [1.82, 2.24) is 4.90 Å². The van der Waals surface area contributed by atoms with Gasteiger partial charge >= 0.3 is 0 Å². The van der Waals surface area contributed by atoms with Crippen LogP contribution in [0.2, 0.25) is 0 Å². The molecule has 0 amide bonds. The lowest BCUT2D eigenvalue weighted by atomic mass is 10.2. The molecule has 0 heterocycles. The van der Waals surface area contributed by atoms with Crippen molar-refractivity contribution in [1.29, 1.82) is 0 Å². The number of nitrogens with one attached hydrogen (secondary N) is 1. The van der Waals surface area contributed by atoms with E-state index in [1.807, 2.05) is 31.3 Å². The van der Waals surface area contributed by atoms with Gasteiger partial charge in [-0.2, -0.15) is 0 Å². The van der Waals surface area contributed by atoms with Gasteiger partial charge in [0.15, 0.2) is 0 Å². The van der Waals surface area contributed by atoms with Gasteiger partial charge in [0.25, 0.3) is 0 Å². The average molecular weight is 316 g/mol. The number of rotatable bonds is 6. The maximum atomic E-state index is 5.47. The second-order valence-corrected chi connectivity index (χ2v) is 6.48. The van der Waals surface area contributed by atoms with Gasteiger partial charge in [-0.3, -0.25) is 0 Å². The van der Waals surface area contributed by atoms with Gasteiger partial charge in [0.05, 0.1) is 0 Å². The molecule has 2 aromatic carbocycles. The number of benzene rings is 2. The normalized spacial score (nSPS) is 10.1. The number of hydrogen-bond acceptors (Lipinski definition) is 3. The van der Waals surface area contributed by atoms with Gasteiger partial charge < -0.3 is 10.2 Å². The molecular weight excluding hydrogens is 296 g/mol. The quantitative estimate of drug-likeness (QED) is 0.633. The first-order valence-electron chi connectivity index (χ1n) is 6.96. The molecule has 0 radical (unpaired) electrons. The van der Waals surface area contributed by atoms with Crippen LogP contribution >= 0.6 is 24.0 Å². The lowest BCUT2D eigenvalue weighted by molar-refractivity contribution is 0.519. The summed E-state index contributed by atoms with van der Waals surface area (Å²) in [5, 5.41) is 3.39. The average Bonchev–Trinajstić information content (AvgIpc) is 2.53. The molecule has 0 aliphatic rings. The number of thiocarbonyl (C=S) groups is 1. The largest absolute Gasteiger partial charge is 0.384 e. The SMILES string of the molecule is CN(Cc1ccccc1)C(=S)SCCNc1ccccc1. The Labute approximate surface area is 136 Å². The molecule has 0 spiro atoms. The fraction of sp³-hybridized carbons (Fsp3) is 0.235. The van der Waals surface area contributed by atoms with Crippen LogP contribution < -0.4 is 5.32 Å². The number of anilines is 1. The molecular formula is C17H20N2S2. The minimum Gasteiger partial charge on any atom is -0.384 e. The summed E-state index contributed by atoms with van der Waals surface area (Å²) < 4.78 is 0.939. The number of hydrogen-bond donors (Lipinski definition) is 1. The molecule has 2 nitrogen and oxygen atoms in total. The Hall–Kier alpha value is -1.52. The first-order chi connectivity index (χ1) is 10.3. The number of thioether (sulfide) groups is 1. The maximum Gasteiger partial charge on any atom is 0.136 e. The van der Waals surface area contributed by atoms with E-state index in [-0.39, 0.29) is 0 Å². The maximum absolute atomic E-state index is 5.47. The van der Waals surface area contributed by atoms with Crippen molar-refractivity contribution in [3.8, 4) is 0 Å². The second kappa shape index (κ2) is 8.70. The van der Waals surface area contributed by atoms with Crippen LogP contribution in [0.5, 0.6) is 0 Å². The van der Waals surface area contributed by atoms with Crippen LogP contribution in [0.4, 0.5) is 5.69 Å². The minimum atomic E-state index is 0.860. The third kappa shape index (κ3) is 5.78. The molecule has 0 aromatic heterocycles. The van der Waals surface area contributed by atoms with Crippen molar-refractivity contribution in [2.24, 2.45) is 0 Å². The Morgan fingerprint density at radius 1 is 1.05 bits per heavy atom. The predicted molar refractivity (Wildman–Crippen MR) is 97.9 cm³/mol. The Bertz CT molecular complexity index is 543. The van der Waals surface area contributed by atoms with Crippen LogP contribution in [0.15, 0.2) is 60.7 Å². The molecule has 1 N–H and O–H groups in total. The summed E-state index contributed by atoms with van der Waals surface area (Å²) >= 11 is 7.18. The molecule has 0 fully saturated rings. The van der Waals surface area contributed by atoms with E-state index in [9.17, 15) is 0 Å². The zero-order valence-electron chi connectivity index (χ0n) is 12.2. The highest BCUT2D eigenvalue weighted by atomic mass is 32.2. The molecule has 110 valence electrons. The smallest absolute Gasteiger partial charge is 0.136 e. The van der Waals surface area contributed by atoms with Crippen molar-refractivity contribution in [3.63, 3.8) is 0 Å². The standard InChI is InChI=1S/C17H20N2S2/c1-19(14-15-8-4-2-5-9-15)17(20)21-13-12-18-16-10-6-3-7-11-16/h2-11,18H,12-14H2,1H3. The van der Waals surface area contributed by atoms with E-state index in [2.05, 4.69) is 46.6 Å². The van der Waals surface area contributed by atoms with Gasteiger partial charge in [-0.1, -0.05) is 72.5 Å². The molecule has 0 unspecified atom stereocenters. The first-order valence-corrected chi connectivity index (χ1v) is 8.36. The third-order valence-electron chi connectivity index (χ3n) is 3.00. The zero-order chi connectivity index (χ0) is 14.9. The van der Waals surface area contributed by atoms with E-state index in [1.165, 1.54) is 5.56 Å². The van der Waals surface area contributed by atoms with E-state index in [0.29, 0.717) is 0 Å². The molecule has 2 aromatic rings. The van der Waals surface area contributed by atoms with E-state index in [0.717, 1.165) is 28.9 Å². The summed E-state index contributed by atoms with van der Waals surface area (Å²) in [4.78, 5) is 2.12. The lowest BCUT2D eigenvalue weighted by Gasteiger charge is -2.19. The summed E-state index contributed by atoms with van der Waals surface area (Å²) in [6.45, 7) is 1.77. The van der Waals surface area contributed by atoms with E-state index in [4.69, 9.17) is 12.2 Å². The molecule has 0 aliphatic heterocycles. The van der Waals surface area contributed by atoms with Crippen molar-refractivity contribution in [3.05, 3.63) is 66.2 Å². The zero-order valence-corrected chi connectivity index (χ0v) is 13.8. The lowest BCUT2D eigenvalue weighted by Crippen LogP contribution is -2.22. The van der Waals surface area contributed by atoms with Gasteiger partial charge in [-0.25, -0.2) is 0 Å². The van der Waals surface area contributed by atoms with E-state index >= 15 is 0 Å². The van der Waals surface area contributed by atoms with Crippen molar-refractivity contribution < 1.29 is 0 Å². The first kappa shape index (κ1) is 15.9. The van der Waals surface area contributed by atoms with E-state index in [1.54, 1.807) is 11.8 Å². The van der Waals surface area contributed by atoms with Crippen LogP contribution in [0.25, 0.3) is 0 Å². The second-order valence-electron chi connectivity index (χ2n) is 4.75. The fourth-order valence-corrected chi connectivity index (χ4v) is 2.90. The highest BCUT2D eigenvalue weighted by molar-refractivity contribution is 8.22.